The second-order valence-electron chi connectivity index (χ2n) is 3.76. The number of hydrogen-bond donors (Lipinski definition) is 1. The van der Waals surface area contributed by atoms with Crippen LogP contribution in [0.4, 0.5) is 11.5 Å². The van der Waals surface area contributed by atoms with Crippen molar-refractivity contribution in [3.63, 3.8) is 0 Å². The molecule has 0 spiro atoms. The van der Waals surface area contributed by atoms with E-state index >= 15 is 0 Å². The molecule has 5 heteroatoms. The van der Waals surface area contributed by atoms with Crippen LogP contribution < -0.4 is 5.32 Å². The van der Waals surface area contributed by atoms with Gasteiger partial charge in [-0.15, -0.1) is 0 Å². The topological polar surface area (TPSA) is 48.7 Å². The van der Waals surface area contributed by atoms with E-state index in [4.69, 9.17) is 28.5 Å². The molecule has 0 bridgehead atoms. The van der Waals surface area contributed by atoms with Crippen LogP contribution >= 0.6 is 23.2 Å². The third-order valence-corrected chi connectivity index (χ3v) is 2.80. The van der Waals surface area contributed by atoms with Crippen LogP contribution in [0.25, 0.3) is 0 Å². The van der Waals surface area contributed by atoms with Crippen molar-refractivity contribution in [1.29, 1.82) is 5.26 Å². The molecule has 0 saturated heterocycles. The van der Waals surface area contributed by atoms with Gasteiger partial charge in [0.2, 0.25) is 0 Å². The van der Waals surface area contributed by atoms with E-state index in [1.54, 1.807) is 12.1 Å². The van der Waals surface area contributed by atoms with Crippen molar-refractivity contribution in [1.82, 2.24) is 4.98 Å². The lowest BCUT2D eigenvalue weighted by Crippen LogP contribution is -1.96. The van der Waals surface area contributed by atoms with E-state index in [0.717, 1.165) is 11.3 Å². The van der Waals surface area contributed by atoms with E-state index in [-0.39, 0.29) is 5.15 Å². The van der Waals surface area contributed by atoms with Crippen LogP contribution in [0.5, 0.6) is 0 Å². The normalized spacial score (nSPS) is 9.89. The Bertz CT molecular complexity index is 633. The predicted octanol–water partition coefficient (Wildman–Crippen LogP) is 4.31. The Hall–Kier alpha value is -1.76. The molecule has 0 amide bonds. The van der Waals surface area contributed by atoms with E-state index in [9.17, 15) is 0 Å². The summed E-state index contributed by atoms with van der Waals surface area (Å²) in [6.07, 6.45) is 0. The third kappa shape index (κ3) is 2.92. The number of aromatic nitrogens is 1. The maximum Gasteiger partial charge on any atom is 0.133 e. The van der Waals surface area contributed by atoms with Gasteiger partial charge in [0.05, 0.1) is 11.6 Å². The monoisotopic (exact) mass is 277 g/mol. The summed E-state index contributed by atoms with van der Waals surface area (Å²) in [5, 5.41) is 12.9. The molecule has 90 valence electrons. The molecule has 0 fully saturated rings. The van der Waals surface area contributed by atoms with Crippen molar-refractivity contribution < 1.29 is 0 Å². The highest BCUT2D eigenvalue weighted by Gasteiger charge is 2.04. The van der Waals surface area contributed by atoms with Crippen molar-refractivity contribution in [2.24, 2.45) is 0 Å². The number of benzene rings is 1. The molecule has 1 N–H and O–H groups in total. The SMILES string of the molecule is Cc1cc(Cl)ccc1Nc1cc(C#N)cc(Cl)n1. The van der Waals surface area contributed by atoms with Gasteiger partial charge < -0.3 is 5.32 Å². The van der Waals surface area contributed by atoms with Crippen molar-refractivity contribution in [3.8, 4) is 6.07 Å². The Morgan fingerprint density at radius 2 is 2.00 bits per heavy atom. The second-order valence-corrected chi connectivity index (χ2v) is 4.58. The van der Waals surface area contributed by atoms with E-state index < -0.39 is 0 Å². The largest absolute Gasteiger partial charge is 0.340 e. The van der Waals surface area contributed by atoms with Gasteiger partial charge >= 0.3 is 0 Å². The molecule has 0 radical (unpaired) electrons. The smallest absolute Gasteiger partial charge is 0.133 e. The van der Waals surface area contributed by atoms with Gasteiger partial charge in [0.15, 0.2) is 0 Å². The highest BCUT2D eigenvalue weighted by Crippen LogP contribution is 2.24. The van der Waals surface area contributed by atoms with Crippen molar-refractivity contribution in [2.45, 2.75) is 6.92 Å². The first-order valence-electron chi connectivity index (χ1n) is 5.19. The number of nitrogens with one attached hydrogen (secondary N) is 1. The first-order chi connectivity index (χ1) is 8.58. The van der Waals surface area contributed by atoms with Crippen LogP contribution in [-0.2, 0) is 0 Å². The molecule has 1 heterocycles. The fourth-order valence-corrected chi connectivity index (χ4v) is 1.97. The summed E-state index contributed by atoms with van der Waals surface area (Å²) in [5.41, 5.74) is 2.32. The molecule has 0 saturated carbocycles. The number of nitrogens with zero attached hydrogens (tertiary/aromatic N) is 2. The minimum absolute atomic E-state index is 0.281. The summed E-state index contributed by atoms with van der Waals surface area (Å²) in [5.74, 6) is 0.532. The highest BCUT2D eigenvalue weighted by atomic mass is 35.5. The average Bonchev–Trinajstić information content (AvgIpc) is 2.32. The number of pyridine rings is 1. The maximum atomic E-state index is 8.86. The van der Waals surface area contributed by atoms with Gasteiger partial charge in [0, 0.05) is 10.7 Å². The van der Waals surface area contributed by atoms with Crippen molar-refractivity contribution in [2.75, 3.05) is 5.32 Å². The minimum atomic E-state index is 0.281. The maximum absolute atomic E-state index is 8.86. The zero-order chi connectivity index (χ0) is 13.1. The summed E-state index contributed by atoms with van der Waals surface area (Å²) < 4.78 is 0. The molecular weight excluding hydrogens is 269 g/mol. The van der Waals surface area contributed by atoms with Crippen LogP contribution in [-0.4, -0.2) is 4.98 Å². The quantitative estimate of drug-likeness (QED) is 0.832. The average molecular weight is 278 g/mol. The molecule has 18 heavy (non-hydrogen) atoms. The molecule has 0 aliphatic heterocycles. The Morgan fingerprint density at radius 1 is 1.22 bits per heavy atom. The van der Waals surface area contributed by atoms with Crippen LogP contribution in [0, 0.1) is 18.3 Å². The molecule has 2 rings (SSSR count). The first-order valence-corrected chi connectivity index (χ1v) is 5.95. The molecule has 0 unspecified atom stereocenters. The van der Waals surface area contributed by atoms with Gasteiger partial charge in [-0.3, -0.25) is 0 Å². The lowest BCUT2D eigenvalue weighted by Gasteiger charge is -2.09. The van der Waals surface area contributed by atoms with Crippen molar-refractivity contribution >= 4 is 34.7 Å². The molecule has 2 aromatic rings. The first kappa shape index (κ1) is 12.7. The Kier molecular flexibility index (Phi) is 3.71. The number of hydrogen-bond acceptors (Lipinski definition) is 3. The minimum Gasteiger partial charge on any atom is -0.340 e. The fraction of sp³-hybridized carbons (Fsp3) is 0.0769. The summed E-state index contributed by atoms with van der Waals surface area (Å²) >= 11 is 11.7. The van der Waals surface area contributed by atoms with Crippen molar-refractivity contribution in [3.05, 3.63) is 51.6 Å². The Morgan fingerprint density at radius 3 is 2.67 bits per heavy atom. The van der Waals surface area contributed by atoms with Gasteiger partial charge in [-0.25, -0.2) is 4.98 Å². The second kappa shape index (κ2) is 5.26. The van der Waals surface area contributed by atoms with Gasteiger partial charge in [-0.05, 0) is 42.8 Å². The van der Waals surface area contributed by atoms with Gasteiger partial charge in [0.25, 0.3) is 0 Å². The standard InChI is InChI=1S/C13H9Cl2N3/c1-8-4-10(14)2-3-11(8)17-13-6-9(7-16)5-12(15)18-13/h2-6H,1H3,(H,17,18). The number of aryl methyl sites for hydroxylation is 1. The van der Waals surface area contributed by atoms with E-state index in [2.05, 4.69) is 10.3 Å². The third-order valence-electron chi connectivity index (χ3n) is 2.37. The van der Waals surface area contributed by atoms with Gasteiger partial charge in [0.1, 0.15) is 11.0 Å². The molecule has 0 aliphatic carbocycles. The van der Waals surface area contributed by atoms with Gasteiger partial charge in [-0.1, -0.05) is 23.2 Å². The lowest BCUT2D eigenvalue weighted by atomic mass is 10.2. The molecule has 1 aromatic heterocycles. The summed E-state index contributed by atoms with van der Waals surface area (Å²) in [6, 6.07) is 10.7. The molecule has 1 aromatic carbocycles. The van der Waals surface area contributed by atoms with E-state index in [0.29, 0.717) is 16.4 Å². The fourth-order valence-electron chi connectivity index (χ4n) is 1.53. The van der Waals surface area contributed by atoms with E-state index in [1.807, 2.05) is 25.1 Å². The summed E-state index contributed by atoms with van der Waals surface area (Å²) in [7, 11) is 0. The van der Waals surface area contributed by atoms with Crippen LogP contribution in [0.2, 0.25) is 10.2 Å². The summed E-state index contributed by atoms with van der Waals surface area (Å²) in [6.45, 7) is 1.93. The zero-order valence-electron chi connectivity index (χ0n) is 9.54. The lowest BCUT2D eigenvalue weighted by molar-refractivity contribution is 1.28. The number of rotatable bonds is 2. The number of nitriles is 1. The molecule has 0 aliphatic rings. The molecule has 0 atom stereocenters. The van der Waals surface area contributed by atoms with E-state index in [1.165, 1.54) is 6.07 Å². The number of halogens is 2. The van der Waals surface area contributed by atoms with Gasteiger partial charge in [-0.2, -0.15) is 5.26 Å². The molecule has 3 nitrogen and oxygen atoms in total. The number of anilines is 2. The van der Waals surface area contributed by atoms with Crippen LogP contribution in [0.3, 0.4) is 0 Å². The highest BCUT2D eigenvalue weighted by molar-refractivity contribution is 6.30. The summed E-state index contributed by atoms with van der Waals surface area (Å²) in [4.78, 5) is 4.11. The molecular formula is C13H9Cl2N3. The zero-order valence-corrected chi connectivity index (χ0v) is 11.0. The predicted molar refractivity (Wildman–Crippen MR) is 73.4 cm³/mol. The van der Waals surface area contributed by atoms with Crippen LogP contribution in [0.1, 0.15) is 11.1 Å². The van der Waals surface area contributed by atoms with Crippen LogP contribution in [0.15, 0.2) is 30.3 Å². The Labute approximate surface area is 115 Å². The Balaban J connectivity index is 2.34.